The molecule has 0 aromatic carbocycles. The standard InChI is InChI=1S/C9H14Cl4N2O4S3/c1-8(2,6-14)15(20-9(12,13)7(10)11)22(18,19)5-4-21(3,16)17/h7H,4-5H2,1-3H3. The Labute approximate surface area is 155 Å². The van der Waals surface area contributed by atoms with Gasteiger partial charge >= 0.3 is 0 Å². The smallest absolute Gasteiger partial charge is 0.225 e. The maximum absolute atomic E-state index is 12.4. The van der Waals surface area contributed by atoms with Crippen molar-refractivity contribution in [3.63, 3.8) is 0 Å². The zero-order valence-corrected chi connectivity index (χ0v) is 17.2. The van der Waals surface area contributed by atoms with Crippen LogP contribution >= 0.6 is 58.4 Å². The highest BCUT2D eigenvalue weighted by atomic mass is 35.5. The van der Waals surface area contributed by atoms with Crippen molar-refractivity contribution in [2.75, 3.05) is 17.8 Å². The first-order chi connectivity index (χ1) is 9.55. The van der Waals surface area contributed by atoms with Crippen LogP contribution < -0.4 is 0 Å². The van der Waals surface area contributed by atoms with E-state index in [0.717, 1.165) is 6.26 Å². The molecule has 0 heterocycles. The van der Waals surface area contributed by atoms with Gasteiger partial charge in [0, 0.05) is 6.26 Å². The van der Waals surface area contributed by atoms with Gasteiger partial charge in [-0.1, -0.05) is 23.2 Å². The zero-order chi connectivity index (χ0) is 18.0. The van der Waals surface area contributed by atoms with Gasteiger partial charge in [-0.3, -0.25) is 0 Å². The van der Waals surface area contributed by atoms with E-state index in [9.17, 15) is 16.8 Å². The maximum atomic E-state index is 12.4. The molecule has 0 aliphatic carbocycles. The van der Waals surface area contributed by atoms with Crippen molar-refractivity contribution >= 4 is 78.2 Å². The first kappa shape index (κ1) is 22.9. The van der Waals surface area contributed by atoms with E-state index in [1.165, 1.54) is 13.8 Å². The Morgan fingerprint density at radius 3 is 1.95 bits per heavy atom. The predicted octanol–water partition coefficient (Wildman–Crippen LogP) is 2.55. The fourth-order valence-corrected chi connectivity index (χ4v) is 6.50. The van der Waals surface area contributed by atoms with Gasteiger partial charge in [-0.15, -0.1) is 26.9 Å². The van der Waals surface area contributed by atoms with Gasteiger partial charge in [-0.2, -0.15) is 5.26 Å². The molecule has 0 bridgehead atoms. The summed E-state index contributed by atoms with van der Waals surface area (Å²) >= 11 is 23.2. The lowest BCUT2D eigenvalue weighted by Crippen LogP contribution is -2.46. The maximum Gasteiger partial charge on any atom is 0.225 e. The number of nitriles is 1. The fraction of sp³-hybridized carbons (Fsp3) is 0.889. The fourth-order valence-electron chi connectivity index (χ4n) is 1.05. The van der Waals surface area contributed by atoms with E-state index >= 15 is 0 Å². The molecule has 0 rings (SSSR count). The van der Waals surface area contributed by atoms with Crippen molar-refractivity contribution in [1.29, 1.82) is 5.26 Å². The van der Waals surface area contributed by atoms with Crippen molar-refractivity contribution in [2.45, 2.75) is 27.9 Å². The second-order valence-corrected chi connectivity index (χ2v) is 13.3. The van der Waals surface area contributed by atoms with Crippen LogP contribution in [-0.4, -0.2) is 52.3 Å². The molecule has 13 heteroatoms. The number of hydrogen-bond acceptors (Lipinski definition) is 6. The quantitative estimate of drug-likeness (QED) is 0.415. The first-order valence-corrected chi connectivity index (χ1v) is 11.6. The van der Waals surface area contributed by atoms with E-state index < -0.39 is 45.4 Å². The van der Waals surface area contributed by atoms with Crippen molar-refractivity contribution in [3.05, 3.63) is 0 Å². The first-order valence-electron chi connectivity index (χ1n) is 5.52. The van der Waals surface area contributed by atoms with Crippen LogP contribution in [0.2, 0.25) is 0 Å². The molecular formula is C9H14Cl4N2O4S3. The Hall–Kier alpha value is 0.860. The largest absolute Gasteiger partial charge is 0.229 e. The minimum absolute atomic E-state index is 0.339. The summed E-state index contributed by atoms with van der Waals surface area (Å²) in [5.74, 6) is -1.35. The van der Waals surface area contributed by atoms with Crippen molar-refractivity contribution in [3.8, 4) is 6.07 Å². The lowest BCUT2D eigenvalue weighted by Gasteiger charge is -2.34. The van der Waals surface area contributed by atoms with E-state index in [-0.39, 0.29) is 0 Å². The Bertz CT molecular complexity index is 640. The molecule has 0 amide bonds. The van der Waals surface area contributed by atoms with Gasteiger partial charge in [0.2, 0.25) is 13.7 Å². The van der Waals surface area contributed by atoms with Gasteiger partial charge in [0.25, 0.3) is 0 Å². The number of sulfone groups is 1. The molecule has 0 saturated carbocycles. The molecule has 0 fully saturated rings. The Kier molecular flexibility index (Phi) is 8.13. The Balaban J connectivity index is 5.67. The molecule has 0 aliphatic heterocycles. The van der Waals surface area contributed by atoms with Gasteiger partial charge in [-0.05, 0) is 25.8 Å². The van der Waals surface area contributed by atoms with Crippen LogP contribution in [0, 0.1) is 11.3 Å². The second-order valence-electron chi connectivity index (χ2n) is 4.80. The highest BCUT2D eigenvalue weighted by Gasteiger charge is 2.46. The van der Waals surface area contributed by atoms with Crippen molar-refractivity contribution in [2.24, 2.45) is 0 Å². The summed E-state index contributed by atoms with van der Waals surface area (Å²) in [6, 6.07) is 1.78. The second kappa shape index (κ2) is 7.83. The molecular weight excluding hydrogens is 438 g/mol. The predicted molar refractivity (Wildman–Crippen MR) is 92.6 cm³/mol. The molecule has 6 nitrogen and oxygen atoms in total. The molecule has 0 aliphatic rings. The van der Waals surface area contributed by atoms with E-state index in [1.807, 2.05) is 0 Å². The summed E-state index contributed by atoms with van der Waals surface area (Å²) in [4.78, 5) is -1.36. The molecule has 0 N–H and O–H groups in total. The highest BCUT2D eigenvalue weighted by Crippen LogP contribution is 2.47. The minimum atomic E-state index is -4.18. The molecule has 0 spiro atoms. The van der Waals surface area contributed by atoms with Crippen LogP contribution in [0.5, 0.6) is 0 Å². The summed E-state index contributed by atoms with van der Waals surface area (Å²) in [7, 11) is -7.70. The normalized spacial score (nSPS) is 14.4. The highest BCUT2D eigenvalue weighted by molar-refractivity contribution is 8.11. The van der Waals surface area contributed by atoms with E-state index in [4.69, 9.17) is 51.7 Å². The SMILES string of the molecule is CC(C)(C#N)N(SC(Cl)(Cl)C(Cl)Cl)S(=O)(=O)CCS(C)(=O)=O. The monoisotopic (exact) mass is 450 g/mol. The number of hydrogen-bond donors (Lipinski definition) is 0. The van der Waals surface area contributed by atoms with E-state index in [2.05, 4.69) is 0 Å². The minimum Gasteiger partial charge on any atom is -0.229 e. The third-order valence-corrected chi connectivity index (χ3v) is 9.26. The zero-order valence-electron chi connectivity index (χ0n) is 11.8. The summed E-state index contributed by atoms with van der Waals surface area (Å²) in [6.07, 6.45) is 0.899. The number of alkyl halides is 4. The molecule has 0 unspecified atom stereocenters. The third-order valence-electron chi connectivity index (χ3n) is 2.15. The van der Waals surface area contributed by atoms with E-state index in [0.29, 0.717) is 15.7 Å². The lowest BCUT2D eigenvalue weighted by molar-refractivity contribution is 0.430. The summed E-state index contributed by atoms with van der Waals surface area (Å²) < 4.78 is 45.7. The Morgan fingerprint density at radius 2 is 1.64 bits per heavy atom. The van der Waals surface area contributed by atoms with Gasteiger partial charge in [0.1, 0.15) is 15.4 Å². The number of rotatable bonds is 8. The molecule has 130 valence electrons. The van der Waals surface area contributed by atoms with Crippen LogP contribution in [0.1, 0.15) is 13.8 Å². The summed E-state index contributed by atoms with van der Waals surface area (Å²) in [5.41, 5.74) is -1.56. The van der Waals surface area contributed by atoms with Gasteiger partial charge < -0.3 is 0 Å². The van der Waals surface area contributed by atoms with Crippen LogP contribution in [-0.2, 0) is 19.9 Å². The van der Waals surface area contributed by atoms with Gasteiger partial charge in [0.15, 0.2) is 4.84 Å². The summed E-state index contributed by atoms with van der Waals surface area (Å²) in [6.45, 7) is 2.61. The van der Waals surface area contributed by atoms with Gasteiger partial charge in [-0.25, -0.2) is 16.8 Å². The van der Waals surface area contributed by atoms with E-state index in [1.54, 1.807) is 6.07 Å². The summed E-state index contributed by atoms with van der Waals surface area (Å²) in [5, 5.41) is 9.15. The van der Waals surface area contributed by atoms with Gasteiger partial charge in [0.05, 0.1) is 17.6 Å². The average molecular weight is 452 g/mol. The van der Waals surface area contributed by atoms with Crippen LogP contribution in [0.4, 0.5) is 0 Å². The third kappa shape index (κ3) is 7.18. The van der Waals surface area contributed by atoms with Crippen LogP contribution in [0.3, 0.4) is 0 Å². The molecule has 22 heavy (non-hydrogen) atoms. The van der Waals surface area contributed by atoms with Crippen molar-refractivity contribution in [1.82, 2.24) is 3.71 Å². The Morgan fingerprint density at radius 1 is 1.18 bits per heavy atom. The van der Waals surface area contributed by atoms with Crippen LogP contribution in [0.25, 0.3) is 0 Å². The average Bonchev–Trinajstić information content (AvgIpc) is 2.32. The van der Waals surface area contributed by atoms with Crippen molar-refractivity contribution < 1.29 is 16.8 Å². The number of nitrogens with zero attached hydrogens (tertiary/aromatic N) is 2. The molecule has 0 radical (unpaired) electrons. The molecule has 0 atom stereocenters. The molecule has 0 aromatic rings. The number of sulfonamides is 1. The lowest BCUT2D eigenvalue weighted by atomic mass is 10.1. The van der Waals surface area contributed by atoms with Crippen LogP contribution in [0.15, 0.2) is 0 Å². The topological polar surface area (TPSA) is 95.3 Å². The molecule has 0 aromatic heterocycles. The number of halogens is 4. The molecule has 0 saturated heterocycles.